The maximum Gasteiger partial charge on any atom is 0.292 e. The van der Waals surface area contributed by atoms with Crippen LogP contribution in [0.15, 0.2) is 23.0 Å². The van der Waals surface area contributed by atoms with Crippen molar-refractivity contribution in [2.24, 2.45) is 17.8 Å². The number of carbonyl (C=O) groups excluding carboxylic acids is 1. The first-order chi connectivity index (χ1) is 16.0. The van der Waals surface area contributed by atoms with E-state index < -0.39 is 5.60 Å². The molecule has 4 aliphatic carbocycles. The number of aliphatic hydroxyl groups is 1. The van der Waals surface area contributed by atoms with Crippen molar-refractivity contribution in [3.63, 3.8) is 0 Å². The van der Waals surface area contributed by atoms with Crippen LogP contribution in [0.5, 0.6) is 0 Å². The summed E-state index contributed by atoms with van der Waals surface area (Å²) in [6, 6.07) is 2.26. The van der Waals surface area contributed by atoms with Gasteiger partial charge in [0.25, 0.3) is 17.6 Å². The first-order valence-corrected chi connectivity index (χ1v) is 11.7. The van der Waals surface area contributed by atoms with Gasteiger partial charge in [-0.1, -0.05) is 5.16 Å². The fourth-order valence-corrected chi connectivity index (χ4v) is 6.51. The monoisotopic (exact) mass is 451 g/mol. The highest BCUT2D eigenvalue weighted by Gasteiger charge is 2.54. The number of hydrogen-bond donors (Lipinski definition) is 5. The molecule has 3 aromatic heterocycles. The number of likely N-dealkylation sites (N-methyl/N-ethyl adjacent to an activating group) is 1. The van der Waals surface area contributed by atoms with E-state index in [1.807, 2.05) is 19.3 Å². The van der Waals surface area contributed by atoms with E-state index in [0.29, 0.717) is 36.4 Å². The molecule has 0 spiro atoms. The second-order valence-corrected chi connectivity index (χ2v) is 9.93. The van der Waals surface area contributed by atoms with E-state index in [1.165, 1.54) is 0 Å². The van der Waals surface area contributed by atoms with Crippen LogP contribution < -0.4 is 16.0 Å². The number of rotatable bonds is 7. The molecule has 1 amide bonds. The predicted molar refractivity (Wildman–Crippen MR) is 122 cm³/mol. The lowest BCUT2D eigenvalue weighted by Gasteiger charge is -2.58. The van der Waals surface area contributed by atoms with Gasteiger partial charge in [0.2, 0.25) is 0 Å². The van der Waals surface area contributed by atoms with Crippen LogP contribution in [0.4, 0.5) is 5.69 Å². The van der Waals surface area contributed by atoms with Crippen molar-refractivity contribution in [1.82, 2.24) is 30.7 Å². The summed E-state index contributed by atoms with van der Waals surface area (Å²) in [5, 5.41) is 25.4. The molecule has 33 heavy (non-hydrogen) atoms. The Labute approximate surface area is 190 Å². The van der Waals surface area contributed by atoms with Gasteiger partial charge in [-0.3, -0.25) is 4.79 Å². The van der Waals surface area contributed by atoms with Crippen molar-refractivity contribution in [3.8, 4) is 11.5 Å². The molecule has 5 atom stereocenters. The summed E-state index contributed by atoms with van der Waals surface area (Å²) in [7, 11) is 1.82. The Hall–Kier alpha value is -2.98. The molecule has 10 nitrogen and oxygen atoms in total. The highest BCUT2D eigenvalue weighted by atomic mass is 16.5. The molecule has 4 bridgehead atoms. The third-order valence-electron chi connectivity index (χ3n) is 7.66. The van der Waals surface area contributed by atoms with Gasteiger partial charge in [-0.15, -0.1) is 0 Å². The van der Waals surface area contributed by atoms with E-state index in [4.69, 9.17) is 4.52 Å². The standard InChI is InChI=1S/C23H29N7O3/c1-24-4-5-26-21(31)20-29-22(33-30-20)16-11-27-19-15(2-3-25-19)18(16)28-17-13-6-12-7-14(17)10-23(32,8-12)9-13/h2-3,11-14,17,24,32H,4-10H2,1H3,(H,26,31)(H2,25,27,28)/t12?,13-,14+,17+,23-. The Bertz CT molecular complexity index is 1170. The molecular weight excluding hydrogens is 422 g/mol. The Morgan fingerprint density at radius 2 is 2.09 bits per heavy atom. The molecule has 7 rings (SSSR count). The Morgan fingerprint density at radius 1 is 1.27 bits per heavy atom. The maximum absolute atomic E-state index is 12.4. The van der Waals surface area contributed by atoms with Crippen LogP contribution in [0, 0.1) is 17.8 Å². The minimum Gasteiger partial charge on any atom is -0.390 e. The summed E-state index contributed by atoms with van der Waals surface area (Å²) in [5.74, 6) is 1.39. The average Bonchev–Trinajstić information content (AvgIpc) is 3.45. The summed E-state index contributed by atoms with van der Waals surface area (Å²) < 4.78 is 5.50. The minimum atomic E-state index is -0.485. The molecule has 0 saturated heterocycles. The SMILES string of the molecule is CNCCNC(=O)c1noc(-c2cnc3[nH]ccc3c2N[C@H]2[C@@H]3CC4C[C@H]2C[C@@](O)(C4)C3)n1. The lowest BCUT2D eigenvalue weighted by atomic mass is 9.52. The number of nitrogens with one attached hydrogen (secondary N) is 4. The van der Waals surface area contributed by atoms with E-state index in [-0.39, 0.29) is 23.7 Å². The molecule has 4 fully saturated rings. The van der Waals surface area contributed by atoms with Crippen molar-refractivity contribution in [2.75, 3.05) is 25.5 Å². The first kappa shape index (κ1) is 20.6. The third-order valence-corrected chi connectivity index (χ3v) is 7.66. The molecule has 4 aliphatic rings. The largest absolute Gasteiger partial charge is 0.390 e. The lowest BCUT2D eigenvalue weighted by molar-refractivity contribution is -0.129. The zero-order chi connectivity index (χ0) is 22.6. The zero-order valence-electron chi connectivity index (χ0n) is 18.6. The normalized spacial score (nSPS) is 30.1. The van der Waals surface area contributed by atoms with Gasteiger partial charge in [-0.05, 0) is 63.0 Å². The second-order valence-electron chi connectivity index (χ2n) is 9.93. The van der Waals surface area contributed by atoms with E-state index >= 15 is 0 Å². The Morgan fingerprint density at radius 3 is 2.85 bits per heavy atom. The number of hydrogen-bond acceptors (Lipinski definition) is 8. The number of aromatic amines is 1. The zero-order valence-corrected chi connectivity index (χ0v) is 18.6. The summed E-state index contributed by atoms with van der Waals surface area (Å²) in [4.78, 5) is 24.4. The van der Waals surface area contributed by atoms with Gasteiger partial charge in [0, 0.05) is 36.9 Å². The van der Waals surface area contributed by atoms with Gasteiger partial charge >= 0.3 is 0 Å². The topological polar surface area (TPSA) is 141 Å². The van der Waals surface area contributed by atoms with E-state index in [2.05, 4.69) is 36.1 Å². The molecule has 1 unspecified atom stereocenters. The summed E-state index contributed by atoms with van der Waals surface area (Å²) in [6.45, 7) is 1.12. The van der Waals surface area contributed by atoms with Crippen molar-refractivity contribution in [1.29, 1.82) is 0 Å². The van der Waals surface area contributed by atoms with Crippen molar-refractivity contribution in [3.05, 3.63) is 24.3 Å². The van der Waals surface area contributed by atoms with Crippen molar-refractivity contribution in [2.45, 2.75) is 43.7 Å². The average molecular weight is 452 g/mol. The predicted octanol–water partition coefficient (Wildman–Crippen LogP) is 1.91. The molecule has 4 saturated carbocycles. The van der Waals surface area contributed by atoms with Gasteiger partial charge in [-0.25, -0.2) is 4.98 Å². The van der Waals surface area contributed by atoms with Crippen molar-refractivity contribution < 1.29 is 14.4 Å². The van der Waals surface area contributed by atoms with Gasteiger partial charge < -0.3 is 30.6 Å². The van der Waals surface area contributed by atoms with Crippen LogP contribution >= 0.6 is 0 Å². The molecule has 10 heteroatoms. The first-order valence-electron chi connectivity index (χ1n) is 11.7. The van der Waals surface area contributed by atoms with Gasteiger partial charge in [-0.2, -0.15) is 4.98 Å². The third kappa shape index (κ3) is 3.57. The number of H-pyrrole nitrogens is 1. The molecule has 174 valence electrons. The van der Waals surface area contributed by atoms with Crippen LogP contribution in [-0.2, 0) is 0 Å². The van der Waals surface area contributed by atoms with Crippen LogP contribution in [-0.4, -0.2) is 62.9 Å². The lowest BCUT2D eigenvalue weighted by Crippen LogP contribution is -2.59. The molecule has 5 N–H and O–H groups in total. The quantitative estimate of drug-likeness (QED) is 0.343. The highest BCUT2D eigenvalue weighted by molar-refractivity contribution is 5.97. The van der Waals surface area contributed by atoms with Crippen LogP contribution in [0.2, 0.25) is 0 Å². The number of carbonyl (C=O) groups is 1. The molecule has 0 aliphatic heterocycles. The van der Waals surface area contributed by atoms with Crippen LogP contribution in [0.3, 0.4) is 0 Å². The van der Waals surface area contributed by atoms with Crippen molar-refractivity contribution >= 4 is 22.6 Å². The van der Waals surface area contributed by atoms with Gasteiger partial charge in [0.1, 0.15) is 5.65 Å². The smallest absolute Gasteiger partial charge is 0.292 e. The van der Waals surface area contributed by atoms with Crippen LogP contribution in [0.25, 0.3) is 22.5 Å². The molecule has 3 aromatic rings. The highest BCUT2D eigenvalue weighted by Crippen LogP contribution is 2.56. The second kappa shape index (κ2) is 7.81. The van der Waals surface area contributed by atoms with E-state index in [0.717, 1.165) is 48.8 Å². The maximum atomic E-state index is 12.4. The molecule has 0 radical (unpaired) electrons. The summed E-state index contributed by atoms with van der Waals surface area (Å²) in [5.41, 5.74) is 1.85. The number of fused-ring (bicyclic) bond motifs is 1. The molecule has 0 aromatic carbocycles. The molecular formula is C23H29N7O3. The minimum absolute atomic E-state index is 0.00179. The number of nitrogens with zero attached hydrogens (tertiary/aromatic N) is 3. The summed E-state index contributed by atoms with van der Waals surface area (Å²) >= 11 is 0. The Balaban J connectivity index is 1.32. The van der Waals surface area contributed by atoms with Crippen LogP contribution in [0.1, 0.15) is 42.7 Å². The number of amides is 1. The van der Waals surface area contributed by atoms with E-state index in [9.17, 15) is 9.90 Å². The summed E-state index contributed by atoms with van der Waals surface area (Å²) in [6.07, 6.45) is 8.55. The fraction of sp³-hybridized carbons (Fsp3) is 0.565. The number of pyridine rings is 1. The number of anilines is 1. The van der Waals surface area contributed by atoms with Gasteiger partial charge in [0.05, 0.1) is 16.9 Å². The number of aromatic nitrogens is 4. The molecule has 3 heterocycles. The van der Waals surface area contributed by atoms with E-state index in [1.54, 1.807) is 6.20 Å². The fourth-order valence-electron chi connectivity index (χ4n) is 6.51. The Kier molecular flexibility index (Phi) is 4.88. The van der Waals surface area contributed by atoms with Gasteiger partial charge in [0.15, 0.2) is 0 Å².